The molecule has 102 valence electrons. The van der Waals surface area contributed by atoms with Crippen molar-refractivity contribution < 1.29 is 14.3 Å². The van der Waals surface area contributed by atoms with Crippen LogP contribution >= 0.6 is 0 Å². The van der Waals surface area contributed by atoms with E-state index in [1.807, 2.05) is 13.8 Å². The summed E-state index contributed by atoms with van der Waals surface area (Å²) in [6.07, 6.45) is 1.68. The number of hydrogen-bond donors (Lipinski definition) is 2. The van der Waals surface area contributed by atoms with Gasteiger partial charge in [0, 0.05) is 19.7 Å². The third-order valence-electron chi connectivity index (χ3n) is 3.30. The van der Waals surface area contributed by atoms with E-state index in [2.05, 4.69) is 15.5 Å². The van der Waals surface area contributed by atoms with Crippen LogP contribution in [-0.2, 0) is 4.74 Å². The van der Waals surface area contributed by atoms with Crippen LogP contribution in [0.4, 0.5) is 0 Å². The molecule has 1 amide bonds. The average molecular weight is 255 g/mol. The molecule has 0 radical (unpaired) electrons. The van der Waals surface area contributed by atoms with E-state index in [4.69, 9.17) is 9.47 Å². The minimum Gasteiger partial charge on any atom is -0.480 e. The highest BCUT2D eigenvalue weighted by Gasteiger charge is 2.26. The summed E-state index contributed by atoms with van der Waals surface area (Å²) in [5, 5.41) is 9.28. The van der Waals surface area contributed by atoms with Crippen LogP contribution in [0.25, 0.3) is 0 Å². The van der Waals surface area contributed by atoms with Crippen LogP contribution in [0.3, 0.4) is 0 Å². The number of amides is 1. The van der Waals surface area contributed by atoms with Crippen molar-refractivity contribution in [2.45, 2.75) is 32.3 Å². The average Bonchev–Trinajstić information content (AvgIpc) is 2.89. The maximum Gasteiger partial charge on any atom is 0.269 e. The van der Waals surface area contributed by atoms with Crippen molar-refractivity contribution in [3.05, 3.63) is 11.8 Å². The van der Waals surface area contributed by atoms with Crippen molar-refractivity contribution >= 4 is 5.91 Å². The van der Waals surface area contributed by atoms with Crippen molar-refractivity contribution in [1.82, 2.24) is 15.5 Å². The van der Waals surface area contributed by atoms with Gasteiger partial charge in [0.25, 0.3) is 5.91 Å². The van der Waals surface area contributed by atoms with Crippen molar-refractivity contribution in [3.8, 4) is 5.88 Å². The Morgan fingerprint density at radius 1 is 1.44 bits per heavy atom. The molecule has 18 heavy (non-hydrogen) atoms. The zero-order valence-corrected chi connectivity index (χ0v) is 11.4. The number of aromatic nitrogens is 2. The lowest BCUT2D eigenvalue weighted by atomic mass is 9.97. The van der Waals surface area contributed by atoms with Gasteiger partial charge in [-0.25, -0.2) is 0 Å². The van der Waals surface area contributed by atoms with Gasteiger partial charge in [-0.1, -0.05) is 13.8 Å². The molecule has 0 atom stereocenters. The molecule has 0 aliphatic rings. The van der Waals surface area contributed by atoms with Gasteiger partial charge in [-0.2, -0.15) is 0 Å². The molecule has 0 aliphatic heterocycles. The third kappa shape index (κ3) is 3.22. The van der Waals surface area contributed by atoms with Crippen LogP contribution in [0, 0.1) is 0 Å². The first-order valence-electron chi connectivity index (χ1n) is 6.03. The number of carbonyl (C=O) groups is 1. The number of ether oxygens (including phenoxy) is 2. The second-order valence-corrected chi connectivity index (χ2v) is 4.10. The molecule has 0 saturated heterocycles. The molecule has 0 bridgehead atoms. The first-order valence-corrected chi connectivity index (χ1v) is 6.03. The Balaban J connectivity index is 2.59. The molecule has 0 aliphatic carbocycles. The quantitative estimate of drug-likeness (QED) is 0.771. The predicted octanol–water partition coefficient (Wildman–Crippen LogP) is 1.35. The number of rotatable bonds is 7. The molecule has 1 aromatic heterocycles. The Bertz CT molecular complexity index is 377. The van der Waals surface area contributed by atoms with Gasteiger partial charge in [0.15, 0.2) is 0 Å². The highest BCUT2D eigenvalue weighted by atomic mass is 16.5. The standard InChI is InChI=1S/C12H21N3O3/c1-5-12(6-2,18-4)8-13-11(16)9-7-10(17-3)15-14-9/h7H,5-6,8H2,1-4H3,(H,13,16)(H,14,15). The Hall–Kier alpha value is -1.56. The van der Waals surface area contributed by atoms with Crippen LogP contribution < -0.4 is 10.1 Å². The van der Waals surface area contributed by atoms with Gasteiger partial charge < -0.3 is 14.8 Å². The normalized spacial score (nSPS) is 11.3. The van der Waals surface area contributed by atoms with E-state index in [-0.39, 0.29) is 11.5 Å². The zero-order valence-electron chi connectivity index (χ0n) is 11.4. The number of nitrogens with one attached hydrogen (secondary N) is 2. The molecule has 0 spiro atoms. The smallest absolute Gasteiger partial charge is 0.269 e. The van der Waals surface area contributed by atoms with Gasteiger partial charge in [0.2, 0.25) is 5.88 Å². The van der Waals surface area contributed by atoms with Crippen molar-refractivity contribution in [3.63, 3.8) is 0 Å². The summed E-state index contributed by atoms with van der Waals surface area (Å²) in [5.41, 5.74) is 0.0730. The summed E-state index contributed by atoms with van der Waals surface area (Å²) in [6.45, 7) is 4.55. The number of H-pyrrole nitrogens is 1. The van der Waals surface area contributed by atoms with E-state index in [1.165, 1.54) is 7.11 Å². The van der Waals surface area contributed by atoms with Gasteiger partial charge >= 0.3 is 0 Å². The Morgan fingerprint density at radius 2 is 2.11 bits per heavy atom. The first kappa shape index (κ1) is 14.5. The van der Waals surface area contributed by atoms with Crippen LogP contribution in [0.5, 0.6) is 5.88 Å². The summed E-state index contributed by atoms with van der Waals surface area (Å²) in [4.78, 5) is 11.9. The van der Waals surface area contributed by atoms with E-state index in [1.54, 1.807) is 13.2 Å². The molecular weight excluding hydrogens is 234 g/mol. The molecule has 6 nitrogen and oxygen atoms in total. The largest absolute Gasteiger partial charge is 0.480 e. The van der Waals surface area contributed by atoms with Gasteiger partial charge in [0.05, 0.1) is 12.7 Å². The topological polar surface area (TPSA) is 76.2 Å². The van der Waals surface area contributed by atoms with Gasteiger partial charge in [-0.3, -0.25) is 9.89 Å². The summed E-state index contributed by atoms with van der Waals surface area (Å²) in [6, 6.07) is 1.56. The molecule has 0 unspecified atom stereocenters. The fraction of sp³-hybridized carbons (Fsp3) is 0.667. The van der Waals surface area contributed by atoms with E-state index in [0.29, 0.717) is 18.1 Å². The van der Waals surface area contributed by atoms with Gasteiger partial charge in [0.1, 0.15) is 5.69 Å². The zero-order chi connectivity index (χ0) is 13.6. The number of aromatic amines is 1. The summed E-state index contributed by atoms with van der Waals surface area (Å²) in [7, 11) is 3.17. The number of hydrogen-bond acceptors (Lipinski definition) is 4. The SMILES string of the molecule is CCC(CC)(CNC(=O)c1cc(OC)n[nH]1)OC. The highest BCUT2D eigenvalue weighted by Crippen LogP contribution is 2.18. The predicted molar refractivity (Wildman–Crippen MR) is 67.8 cm³/mol. The van der Waals surface area contributed by atoms with Gasteiger partial charge in [-0.15, -0.1) is 5.10 Å². The van der Waals surface area contributed by atoms with Crippen molar-refractivity contribution in [2.24, 2.45) is 0 Å². The summed E-state index contributed by atoms with van der Waals surface area (Å²) < 4.78 is 10.4. The van der Waals surface area contributed by atoms with Crippen LogP contribution in [-0.4, -0.2) is 42.5 Å². The van der Waals surface area contributed by atoms with E-state index in [9.17, 15) is 4.79 Å². The molecule has 0 saturated carbocycles. The van der Waals surface area contributed by atoms with E-state index in [0.717, 1.165) is 12.8 Å². The van der Waals surface area contributed by atoms with Crippen LogP contribution in [0.15, 0.2) is 6.07 Å². The van der Waals surface area contributed by atoms with Crippen LogP contribution in [0.1, 0.15) is 37.2 Å². The van der Waals surface area contributed by atoms with E-state index < -0.39 is 0 Å². The maximum atomic E-state index is 11.9. The van der Waals surface area contributed by atoms with Gasteiger partial charge in [-0.05, 0) is 12.8 Å². The molecule has 2 N–H and O–H groups in total. The Labute approximate surface area is 107 Å². The molecule has 0 aromatic carbocycles. The first-order chi connectivity index (χ1) is 8.60. The minimum absolute atomic E-state index is 0.214. The van der Waals surface area contributed by atoms with Crippen LogP contribution in [0.2, 0.25) is 0 Å². The van der Waals surface area contributed by atoms with Crippen molar-refractivity contribution in [1.29, 1.82) is 0 Å². The summed E-state index contributed by atoms with van der Waals surface area (Å²) >= 11 is 0. The third-order valence-corrected chi connectivity index (χ3v) is 3.30. The number of nitrogens with zero attached hydrogens (tertiary/aromatic N) is 1. The highest BCUT2D eigenvalue weighted by molar-refractivity contribution is 5.92. The molecule has 1 aromatic rings. The lowest BCUT2D eigenvalue weighted by Gasteiger charge is -2.30. The second kappa shape index (κ2) is 6.39. The minimum atomic E-state index is -0.306. The monoisotopic (exact) mass is 255 g/mol. The second-order valence-electron chi connectivity index (χ2n) is 4.10. The maximum absolute atomic E-state index is 11.9. The summed E-state index contributed by atoms with van der Waals surface area (Å²) in [5.74, 6) is 0.179. The van der Waals surface area contributed by atoms with Crippen molar-refractivity contribution in [2.75, 3.05) is 20.8 Å². The fourth-order valence-corrected chi connectivity index (χ4v) is 1.72. The lowest BCUT2D eigenvalue weighted by molar-refractivity contribution is -0.0147. The molecule has 1 rings (SSSR count). The molecule has 1 heterocycles. The molecular formula is C12H21N3O3. The van der Waals surface area contributed by atoms with E-state index >= 15 is 0 Å². The molecule has 6 heteroatoms. The number of carbonyl (C=O) groups excluding carboxylic acids is 1. The Kier molecular flexibility index (Phi) is 5.15. The Morgan fingerprint density at radius 3 is 2.56 bits per heavy atom. The fourth-order valence-electron chi connectivity index (χ4n) is 1.72. The number of methoxy groups -OCH3 is 2. The molecule has 0 fully saturated rings. The lowest BCUT2D eigenvalue weighted by Crippen LogP contribution is -2.43.